The topological polar surface area (TPSA) is 56.8 Å². The zero-order chi connectivity index (χ0) is 21.6. The summed E-state index contributed by atoms with van der Waals surface area (Å²) in [5, 5.41) is 3.74. The molecule has 3 aromatic carbocycles. The van der Waals surface area contributed by atoms with E-state index in [4.69, 9.17) is 25.8 Å². The summed E-state index contributed by atoms with van der Waals surface area (Å²) in [6, 6.07) is 17.2. The fourth-order valence-electron chi connectivity index (χ4n) is 4.04. The molecule has 1 fully saturated rings. The average molecular weight is 438 g/mol. The van der Waals surface area contributed by atoms with Gasteiger partial charge in [-0.05, 0) is 78.9 Å². The lowest BCUT2D eigenvalue weighted by Crippen LogP contribution is -2.27. The van der Waals surface area contributed by atoms with Gasteiger partial charge < -0.3 is 19.5 Å². The summed E-state index contributed by atoms with van der Waals surface area (Å²) in [7, 11) is 1.63. The van der Waals surface area contributed by atoms with Crippen LogP contribution in [-0.2, 0) is 10.2 Å². The molecule has 1 aliphatic carbocycles. The molecule has 1 aliphatic heterocycles. The van der Waals surface area contributed by atoms with Crippen molar-refractivity contribution in [2.75, 3.05) is 19.2 Å². The van der Waals surface area contributed by atoms with Crippen LogP contribution in [0.15, 0.2) is 54.6 Å². The van der Waals surface area contributed by atoms with Gasteiger partial charge in [0.05, 0.1) is 12.5 Å². The third kappa shape index (κ3) is 3.49. The molecule has 6 heteroatoms. The van der Waals surface area contributed by atoms with Crippen molar-refractivity contribution in [3.63, 3.8) is 0 Å². The van der Waals surface area contributed by atoms with Gasteiger partial charge in [-0.25, -0.2) is 0 Å². The summed E-state index contributed by atoms with van der Waals surface area (Å²) in [5.74, 6) is 2.13. The van der Waals surface area contributed by atoms with E-state index in [1.54, 1.807) is 7.11 Å². The van der Waals surface area contributed by atoms with Crippen molar-refractivity contribution in [1.82, 2.24) is 0 Å². The fraction of sp³-hybridized carbons (Fsp3) is 0.240. The zero-order valence-corrected chi connectivity index (χ0v) is 18.1. The smallest absolute Gasteiger partial charge is 0.235 e. The monoisotopic (exact) mass is 437 g/mol. The van der Waals surface area contributed by atoms with Gasteiger partial charge in [-0.2, -0.15) is 0 Å². The van der Waals surface area contributed by atoms with E-state index >= 15 is 0 Å². The number of aryl methyl sites for hydroxylation is 1. The van der Waals surface area contributed by atoms with E-state index in [0.717, 1.165) is 52.3 Å². The molecule has 1 N–H and O–H groups in total. The van der Waals surface area contributed by atoms with Gasteiger partial charge >= 0.3 is 0 Å². The Balaban J connectivity index is 0.00000245. The lowest BCUT2D eigenvalue weighted by atomic mass is 9.94. The number of benzene rings is 3. The summed E-state index contributed by atoms with van der Waals surface area (Å²) in [5.41, 5.74) is 4.04. The molecule has 0 saturated heterocycles. The SMILES string of the molecule is COc1ccc(Cl)c(-c2cc(NC(=O)C3(c4ccc5c(c4)OCO5)CC3)ccc2C)c1.[HH]. The molecule has 0 spiro atoms. The zero-order valence-electron chi connectivity index (χ0n) is 17.3. The van der Waals surface area contributed by atoms with E-state index in [-0.39, 0.29) is 14.1 Å². The van der Waals surface area contributed by atoms with Crippen LogP contribution in [0.2, 0.25) is 5.02 Å². The van der Waals surface area contributed by atoms with Crippen LogP contribution in [0.4, 0.5) is 5.69 Å². The van der Waals surface area contributed by atoms with Crippen molar-refractivity contribution in [2.24, 2.45) is 0 Å². The molecule has 0 bridgehead atoms. The number of anilines is 1. The largest absolute Gasteiger partial charge is 0.497 e. The second-order valence-electron chi connectivity index (χ2n) is 7.98. The quantitative estimate of drug-likeness (QED) is 0.534. The van der Waals surface area contributed by atoms with Gasteiger partial charge in [-0.3, -0.25) is 4.79 Å². The molecule has 1 amide bonds. The van der Waals surface area contributed by atoms with Crippen LogP contribution >= 0.6 is 11.6 Å². The number of hydrogen-bond acceptors (Lipinski definition) is 4. The Morgan fingerprint density at radius 3 is 2.61 bits per heavy atom. The lowest BCUT2D eigenvalue weighted by molar-refractivity contribution is -0.118. The van der Waals surface area contributed by atoms with Gasteiger partial charge in [0.2, 0.25) is 12.7 Å². The number of carbonyl (C=O) groups is 1. The summed E-state index contributed by atoms with van der Waals surface area (Å²) < 4.78 is 16.2. The molecule has 0 radical (unpaired) electrons. The molecule has 2 aliphatic rings. The van der Waals surface area contributed by atoms with E-state index in [0.29, 0.717) is 10.8 Å². The first-order valence-electron chi connectivity index (χ1n) is 10.2. The minimum Gasteiger partial charge on any atom is -0.497 e. The van der Waals surface area contributed by atoms with Gasteiger partial charge in [0.25, 0.3) is 0 Å². The number of methoxy groups -OCH3 is 1. The fourth-order valence-corrected chi connectivity index (χ4v) is 4.26. The third-order valence-corrected chi connectivity index (χ3v) is 6.40. The van der Waals surface area contributed by atoms with Crippen molar-refractivity contribution in [3.05, 3.63) is 70.7 Å². The minimum atomic E-state index is -0.528. The van der Waals surface area contributed by atoms with Crippen LogP contribution in [0.3, 0.4) is 0 Å². The van der Waals surface area contributed by atoms with Gasteiger partial charge in [0.15, 0.2) is 11.5 Å². The number of ether oxygens (including phenoxy) is 3. The highest BCUT2D eigenvalue weighted by atomic mass is 35.5. The first-order chi connectivity index (χ1) is 15.0. The average Bonchev–Trinajstić information content (AvgIpc) is 3.46. The van der Waals surface area contributed by atoms with Crippen LogP contribution in [0, 0.1) is 6.92 Å². The summed E-state index contributed by atoms with van der Waals surface area (Å²) in [4.78, 5) is 13.3. The van der Waals surface area contributed by atoms with E-state index in [2.05, 4.69) is 5.32 Å². The van der Waals surface area contributed by atoms with Crippen LogP contribution < -0.4 is 19.5 Å². The molecule has 1 heterocycles. The number of hydrogen-bond donors (Lipinski definition) is 1. The van der Waals surface area contributed by atoms with Crippen LogP contribution in [0.5, 0.6) is 17.2 Å². The molecular weight excluding hydrogens is 414 g/mol. The summed E-state index contributed by atoms with van der Waals surface area (Å²) in [6.45, 7) is 2.24. The number of halogens is 1. The van der Waals surface area contributed by atoms with E-state index in [1.807, 2.05) is 61.5 Å². The lowest BCUT2D eigenvalue weighted by Gasteiger charge is -2.18. The Morgan fingerprint density at radius 1 is 1.03 bits per heavy atom. The molecule has 160 valence electrons. The Morgan fingerprint density at radius 2 is 1.84 bits per heavy atom. The van der Waals surface area contributed by atoms with Gasteiger partial charge in [0.1, 0.15) is 5.75 Å². The van der Waals surface area contributed by atoms with Crippen molar-refractivity contribution in [2.45, 2.75) is 25.2 Å². The minimum absolute atomic E-state index is 0. The van der Waals surface area contributed by atoms with E-state index in [1.165, 1.54) is 0 Å². The molecule has 31 heavy (non-hydrogen) atoms. The molecule has 0 atom stereocenters. The summed E-state index contributed by atoms with van der Waals surface area (Å²) in [6.07, 6.45) is 1.61. The standard InChI is InChI=1S/C25H22ClNO4.H2/c1-15-3-5-17(12-19(15)20-13-18(29-2)6-7-21(20)26)27-24(28)25(9-10-25)16-4-8-22-23(11-16)31-14-30-22;/h3-8,11-13H,9-10,14H2,1-2H3,(H,27,28);1H. The van der Waals surface area contributed by atoms with Gasteiger partial charge in [0, 0.05) is 17.7 Å². The van der Waals surface area contributed by atoms with Crippen molar-refractivity contribution < 1.29 is 20.4 Å². The summed E-state index contributed by atoms with van der Waals surface area (Å²) >= 11 is 6.46. The molecule has 3 aromatic rings. The second kappa shape index (κ2) is 7.50. The highest BCUT2D eigenvalue weighted by molar-refractivity contribution is 6.33. The van der Waals surface area contributed by atoms with Crippen molar-refractivity contribution in [3.8, 4) is 28.4 Å². The second-order valence-corrected chi connectivity index (χ2v) is 8.39. The van der Waals surface area contributed by atoms with Crippen LogP contribution in [-0.4, -0.2) is 19.8 Å². The molecule has 5 rings (SSSR count). The third-order valence-electron chi connectivity index (χ3n) is 6.07. The molecular formula is C25H24ClNO4. The van der Waals surface area contributed by atoms with E-state index in [9.17, 15) is 4.79 Å². The Kier molecular flexibility index (Phi) is 4.78. The van der Waals surface area contributed by atoms with Crippen molar-refractivity contribution >= 4 is 23.2 Å². The van der Waals surface area contributed by atoms with Crippen molar-refractivity contribution in [1.29, 1.82) is 0 Å². The number of nitrogens with one attached hydrogen (secondary N) is 1. The maximum Gasteiger partial charge on any atom is 0.235 e. The maximum atomic E-state index is 13.3. The maximum absolute atomic E-state index is 13.3. The predicted octanol–water partition coefficient (Wildman–Crippen LogP) is 5.97. The number of rotatable bonds is 5. The molecule has 5 nitrogen and oxygen atoms in total. The Hall–Kier alpha value is -3.18. The van der Waals surface area contributed by atoms with Crippen LogP contribution in [0.1, 0.15) is 25.4 Å². The van der Waals surface area contributed by atoms with Gasteiger partial charge in [-0.1, -0.05) is 23.7 Å². The number of carbonyl (C=O) groups excluding carboxylic acids is 1. The molecule has 0 aromatic heterocycles. The van der Waals surface area contributed by atoms with Gasteiger partial charge in [-0.15, -0.1) is 0 Å². The highest BCUT2D eigenvalue weighted by Crippen LogP contribution is 2.51. The first-order valence-corrected chi connectivity index (χ1v) is 10.5. The van der Waals surface area contributed by atoms with E-state index < -0.39 is 5.41 Å². The molecule has 1 saturated carbocycles. The number of fused-ring (bicyclic) bond motifs is 1. The number of amides is 1. The normalized spacial score (nSPS) is 15.5. The van der Waals surface area contributed by atoms with Crippen LogP contribution in [0.25, 0.3) is 11.1 Å². The molecule has 0 unspecified atom stereocenters. The predicted molar refractivity (Wildman–Crippen MR) is 122 cm³/mol. The first kappa shape index (κ1) is 19.8. The Bertz CT molecular complexity index is 1190. The Labute approximate surface area is 187 Å². The highest BCUT2D eigenvalue weighted by Gasteiger charge is 2.51.